The molecule has 1 aliphatic heterocycles. The van der Waals surface area contributed by atoms with Gasteiger partial charge in [0, 0.05) is 30.4 Å². The van der Waals surface area contributed by atoms with Crippen LogP contribution in [0.5, 0.6) is 5.75 Å². The molecule has 1 amide bonds. The van der Waals surface area contributed by atoms with Gasteiger partial charge >= 0.3 is 0 Å². The molecule has 1 unspecified atom stereocenters. The van der Waals surface area contributed by atoms with E-state index in [1.165, 1.54) is 35.1 Å². The Balaban J connectivity index is 1.47. The van der Waals surface area contributed by atoms with Crippen LogP contribution in [0.1, 0.15) is 12.8 Å². The second kappa shape index (κ2) is 8.10. The van der Waals surface area contributed by atoms with Gasteiger partial charge in [0.2, 0.25) is 15.9 Å². The van der Waals surface area contributed by atoms with Crippen molar-refractivity contribution in [3.63, 3.8) is 0 Å². The zero-order valence-electron chi connectivity index (χ0n) is 15.9. The highest BCUT2D eigenvalue weighted by atomic mass is 32.2. The smallest absolute Gasteiger partial charge is 0.243 e. The molecule has 152 valence electrons. The van der Waals surface area contributed by atoms with Crippen molar-refractivity contribution >= 4 is 43.2 Å². The Kier molecular flexibility index (Phi) is 5.53. The summed E-state index contributed by atoms with van der Waals surface area (Å²) in [7, 11) is -2.12. The summed E-state index contributed by atoms with van der Waals surface area (Å²) in [4.78, 5) is 13.0. The number of hydrogen-bond acceptors (Lipinski definition) is 6. The van der Waals surface area contributed by atoms with Crippen molar-refractivity contribution in [1.29, 1.82) is 0 Å². The highest BCUT2D eigenvalue weighted by Gasteiger charge is 2.33. The van der Waals surface area contributed by atoms with Gasteiger partial charge in [0.15, 0.2) is 0 Å². The topological polar surface area (TPSA) is 88.6 Å². The van der Waals surface area contributed by atoms with Gasteiger partial charge in [-0.2, -0.15) is 8.68 Å². The minimum Gasteiger partial charge on any atom is -0.497 e. The Labute approximate surface area is 173 Å². The van der Waals surface area contributed by atoms with E-state index in [0.717, 1.165) is 10.1 Å². The van der Waals surface area contributed by atoms with Crippen molar-refractivity contribution in [2.75, 3.05) is 25.5 Å². The Morgan fingerprint density at radius 3 is 2.79 bits per heavy atom. The number of methoxy groups -OCH3 is 1. The summed E-state index contributed by atoms with van der Waals surface area (Å²) in [5.41, 5.74) is 0.692. The third-order valence-corrected chi connectivity index (χ3v) is 7.73. The summed E-state index contributed by atoms with van der Waals surface area (Å²) >= 11 is 1.40. The van der Waals surface area contributed by atoms with Crippen LogP contribution in [0.25, 0.3) is 10.1 Å². The van der Waals surface area contributed by atoms with Crippen LogP contribution in [0.2, 0.25) is 0 Å². The number of carbonyl (C=O) groups excluding carboxylic acids is 1. The van der Waals surface area contributed by atoms with E-state index in [1.807, 2.05) is 18.2 Å². The number of ether oxygens (including phenoxy) is 1. The average molecular weight is 432 g/mol. The summed E-state index contributed by atoms with van der Waals surface area (Å²) < 4.78 is 37.6. The lowest BCUT2D eigenvalue weighted by atomic mass is 9.98. The number of benzene rings is 2. The molecule has 1 N–H and O–H groups in total. The Morgan fingerprint density at radius 2 is 2.03 bits per heavy atom. The summed E-state index contributed by atoms with van der Waals surface area (Å²) in [5.74, 6) is 0.0351. The summed E-state index contributed by atoms with van der Waals surface area (Å²) in [5, 5.41) is 3.89. The second-order valence-electron chi connectivity index (χ2n) is 6.95. The van der Waals surface area contributed by atoms with Crippen molar-refractivity contribution in [1.82, 2.24) is 8.68 Å². The third kappa shape index (κ3) is 4.12. The molecular weight excluding hydrogens is 410 g/mol. The number of anilines is 1. The molecule has 29 heavy (non-hydrogen) atoms. The molecule has 2 heterocycles. The number of aromatic nitrogens is 1. The number of nitrogens with one attached hydrogen (secondary N) is 1. The number of sulfonamides is 1. The first kappa shape index (κ1) is 19.8. The maximum absolute atomic E-state index is 13.0. The van der Waals surface area contributed by atoms with E-state index in [0.29, 0.717) is 30.8 Å². The number of carbonyl (C=O) groups is 1. The molecule has 3 aromatic rings. The highest BCUT2D eigenvalue weighted by molar-refractivity contribution is 7.89. The maximum Gasteiger partial charge on any atom is 0.243 e. The quantitative estimate of drug-likeness (QED) is 0.669. The number of rotatable bonds is 5. The monoisotopic (exact) mass is 431 g/mol. The maximum atomic E-state index is 13.0. The molecule has 0 saturated carbocycles. The van der Waals surface area contributed by atoms with Crippen molar-refractivity contribution in [2.24, 2.45) is 5.92 Å². The zero-order valence-corrected chi connectivity index (χ0v) is 17.5. The Hall–Kier alpha value is -2.49. The fraction of sp³-hybridized carbons (Fsp3) is 0.300. The lowest BCUT2D eigenvalue weighted by Crippen LogP contribution is -2.43. The van der Waals surface area contributed by atoms with Crippen LogP contribution in [-0.4, -0.2) is 43.2 Å². The number of piperidine rings is 1. The van der Waals surface area contributed by atoms with Crippen LogP contribution in [0, 0.1) is 5.92 Å². The van der Waals surface area contributed by atoms with Crippen molar-refractivity contribution in [3.8, 4) is 5.75 Å². The average Bonchev–Trinajstić information content (AvgIpc) is 3.22. The predicted molar refractivity (Wildman–Crippen MR) is 113 cm³/mol. The second-order valence-corrected chi connectivity index (χ2v) is 9.72. The molecular formula is C20H21N3O4S2. The lowest BCUT2D eigenvalue weighted by molar-refractivity contribution is -0.120. The van der Waals surface area contributed by atoms with Gasteiger partial charge in [-0.3, -0.25) is 4.79 Å². The molecule has 0 bridgehead atoms. The van der Waals surface area contributed by atoms with Gasteiger partial charge in [0.1, 0.15) is 5.75 Å². The molecule has 0 aliphatic carbocycles. The van der Waals surface area contributed by atoms with Gasteiger partial charge in [0.25, 0.3) is 0 Å². The molecule has 1 fully saturated rings. The van der Waals surface area contributed by atoms with Crippen LogP contribution < -0.4 is 10.1 Å². The third-order valence-electron chi connectivity index (χ3n) is 5.07. The lowest BCUT2D eigenvalue weighted by Gasteiger charge is -2.31. The van der Waals surface area contributed by atoms with E-state index in [9.17, 15) is 13.2 Å². The molecule has 4 rings (SSSR count). The molecule has 1 atom stereocenters. The van der Waals surface area contributed by atoms with E-state index in [-0.39, 0.29) is 17.3 Å². The molecule has 7 nitrogen and oxygen atoms in total. The Bertz CT molecular complexity index is 1130. The molecule has 1 aromatic heterocycles. The first-order valence-corrected chi connectivity index (χ1v) is 11.5. The van der Waals surface area contributed by atoms with E-state index in [2.05, 4.69) is 9.69 Å². The zero-order chi connectivity index (χ0) is 20.4. The van der Waals surface area contributed by atoms with Crippen LogP contribution in [0.3, 0.4) is 0 Å². The van der Waals surface area contributed by atoms with E-state index in [1.54, 1.807) is 18.3 Å². The first-order valence-electron chi connectivity index (χ1n) is 9.27. The largest absolute Gasteiger partial charge is 0.497 e. The minimum absolute atomic E-state index is 0.165. The molecule has 2 aromatic carbocycles. The fourth-order valence-electron chi connectivity index (χ4n) is 3.47. The molecule has 0 spiro atoms. The number of amides is 1. The van der Waals surface area contributed by atoms with Gasteiger partial charge < -0.3 is 10.1 Å². The standard InChI is InChI=1S/C20H21N3O4S2/c1-27-17-5-7-18(8-6-17)29(25,26)23-10-2-3-14(13-23)20(24)22-16-4-9-19-15(11-16)12-21-28-19/h4-9,11-12,14H,2-3,10,13H2,1H3,(H,22,24). The van der Waals surface area contributed by atoms with Gasteiger partial charge in [-0.1, -0.05) is 0 Å². The highest BCUT2D eigenvalue weighted by Crippen LogP contribution is 2.27. The summed E-state index contributed by atoms with van der Waals surface area (Å²) in [6, 6.07) is 11.9. The predicted octanol–water partition coefficient (Wildman–Crippen LogP) is 3.34. The van der Waals surface area contributed by atoms with Gasteiger partial charge in [-0.25, -0.2) is 8.42 Å². The minimum atomic E-state index is -3.66. The van der Waals surface area contributed by atoms with Crippen molar-refractivity contribution in [3.05, 3.63) is 48.7 Å². The molecule has 1 aliphatic rings. The summed E-state index contributed by atoms with van der Waals surface area (Å²) in [6.07, 6.45) is 3.06. The van der Waals surface area contributed by atoms with Crippen LogP contribution in [-0.2, 0) is 14.8 Å². The Morgan fingerprint density at radius 1 is 1.24 bits per heavy atom. The van der Waals surface area contributed by atoms with Crippen LogP contribution in [0.15, 0.2) is 53.6 Å². The van der Waals surface area contributed by atoms with Gasteiger partial charge in [0.05, 0.1) is 22.6 Å². The number of nitrogens with zero attached hydrogens (tertiary/aromatic N) is 2. The van der Waals surface area contributed by atoms with Crippen molar-refractivity contribution < 1.29 is 17.9 Å². The fourth-order valence-corrected chi connectivity index (χ4v) is 5.62. The first-order chi connectivity index (χ1) is 14.0. The number of hydrogen-bond donors (Lipinski definition) is 1. The summed E-state index contributed by atoms with van der Waals surface area (Å²) in [6.45, 7) is 0.577. The van der Waals surface area contributed by atoms with Crippen LogP contribution in [0.4, 0.5) is 5.69 Å². The normalized spacial score (nSPS) is 17.9. The van der Waals surface area contributed by atoms with E-state index < -0.39 is 15.9 Å². The van der Waals surface area contributed by atoms with Gasteiger partial charge in [-0.15, -0.1) is 0 Å². The van der Waals surface area contributed by atoms with Gasteiger partial charge in [-0.05, 0) is 66.8 Å². The van der Waals surface area contributed by atoms with Crippen molar-refractivity contribution in [2.45, 2.75) is 17.7 Å². The molecule has 1 saturated heterocycles. The molecule has 0 radical (unpaired) electrons. The van der Waals surface area contributed by atoms with E-state index >= 15 is 0 Å². The number of fused-ring (bicyclic) bond motifs is 1. The molecule has 9 heteroatoms. The van der Waals surface area contributed by atoms with Crippen LogP contribution >= 0.6 is 11.5 Å². The van der Waals surface area contributed by atoms with E-state index in [4.69, 9.17) is 4.74 Å². The SMILES string of the molecule is COc1ccc(S(=O)(=O)N2CCCC(C(=O)Nc3ccc4sncc4c3)C2)cc1.